The summed E-state index contributed by atoms with van der Waals surface area (Å²) >= 11 is 0. The molecule has 2 aromatic rings. The van der Waals surface area contributed by atoms with Gasteiger partial charge in [0.2, 0.25) is 0 Å². The lowest BCUT2D eigenvalue weighted by Gasteiger charge is -2.32. The van der Waals surface area contributed by atoms with Crippen molar-refractivity contribution in [3.05, 3.63) is 47.3 Å². The third-order valence-electron chi connectivity index (χ3n) is 5.52. The lowest BCUT2D eigenvalue weighted by molar-refractivity contribution is 0.201. The molecule has 0 amide bonds. The maximum atomic E-state index is 4.50. The van der Waals surface area contributed by atoms with E-state index in [0.29, 0.717) is 5.92 Å². The molecule has 3 heterocycles. The predicted molar refractivity (Wildman–Crippen MR) is 106 cm³/mol. The monoisotopic (exact) mass is 360 g/mol. The van der Waals surface area contributed by atoms with Gasteiger partial charge in [0, 0.05) is 43.1 Å². The summed E-state index contributed by atoms with van der Waals surface area (Å²) in [5, 5.41) is 8.07. The quantitative estimate of drug-likeness (QED) is 0.872. The molecular weight excluding hydrogens is 332 g/mol. The Hall–Kier alpha value is -1.52. The fourth-order valence-electron chi connectivity index (χ4n) is 4.26. The van der Waals surface area contributed by atoms with E-state index in [-0.39, 0.29) is 12.4 Å². The van der Waals surface area contributed by atoms with Crippen LogP contribution in [0.1, 0.15) is 48.9 Å². The molecule has 1 fully saturated rings. The highest BCUT2D eigenvalue weighted by atomic mass is 35.5. The van der Waals surface area contributed by atoms with Crippen LogP contribution in [0.25, 0.3) is 0 Å². The van der Waals surface area contributed by atoms with E-state index in [4.69, 9.17) is 0 Å². The third kappa shape index (κ3) is 3.85. The Morgan fingerprint density at radius 3 is 2.84 bits per heavy atom. The molecule has 0 saturated carbocycles. The van der Waals surface area contributed by atoms with E-state index >= 15 is 0 Å². The molecule has 1 aromatic heterocycles. The number of piperidine rings is 1. The average molecular weight is 361 g/mol. The van der Waals surface area contributed by atoms with E-state index in [1.807, 2.05) is 6.20 Å². The number of rotatable bonds is 5. The molecule has 0 unspecified atom stereocenters. The summed E-state index contributed by atoms with van der Waals surface area (Å²) in [7, 11) is 0. The van der Waals surface area contributed by atoms with Crippen LogP contribution in [0, 0.1) is 0 Å². The van der Waals surface area contributed by atoms with Crippen molar-refractivity contribution in [3.63, 3.8) is 0 Å². The molecule has 4 rings (SSSR count). The number of fused-ring (bicyclic) bond motifs is 1. The van der Waals surface area contributed by atoms with Gasteiger partial charge in [-0.1, -0.05) is 25.1 Å². The second-order valence-corrected chi connectivity index (χ2v) is 7.16. The smallest absolute Gasteiger partial charge is 0.0492 e. The number of halogens is 1. The normalized spacial score (nSPS) is 17.8. The van der Waals surface area contributed by atoms with Gasteiger partial charge in [0.1, 0.15) is 0 Å². The maximum Gasteiger partial charge on any atom is 0.0492 e. The molecule has 0 aliphatic carbocycles. The van der Waals surface area contributed by atoms with Crippen molar-refractivity contribution in [2.75, 3.05) is 25.0 Å². The number of nitrogens with zero attached hydrogens (tertiary/aromatic N) is 3. The van der Waals surface area contributed by atoms with E-state index < -0.39 is 0 Å². The van der Waals surface area contributed by atoms with Crippen molar-refractivity contribution in [1.82, 2.24) is 14.7 Å². The van der Waals surface area contributed by atoms with Crippen LogP contribution in [0.15, 0.2) is 30.5 Å². The molecule has 2 aliphatic rings. The fourth-order valence-corrected chi connectivity index (χ4v) is 4.26. The van der Waals surface area contributed by atoms with Gasteiger partial charge in [-0.3, -0.25) is 9.58 Å². The first kappa shape index (κ1) is 18.3. The van der Waals surface area contributed by atoms with Crippen LogP contribution < -0.4 is 5.32 Å². The number of hydrogen-bond donors (Lipinski definition) is 1. The molecule has 0 atom stereocenters. The van der Waals surface area contributed by atoms with E-state index in [1.54, 1.807) is 0 Å². The first-order valence-corrected chi connectivity index (χ1v) is 9.44. The Kier molecular flexibility index (Phi) is 6.02. The number of likely N-dealkylation sites (tertiary alicyclic amines) is 1. The van der Waals surface area contributed by atoms with Gasteiger partial charge in [-0.15, -0.1) is 12.4 Å². The standard InChI is InChI=1S/C20H28N4.ClH/c1-2-12-24-19(7-11-22-24)16-8-13-23(14-9-16)15-18-5-3-4-17-6-10-21-20(17)18;/h3-5,7,11,16,21H,2,6,8-10,12-15H2,1H3;1H. The lowest BCUT2D eigenvalue weighted by atomic mass is 9.93. The fraction of sp³-hybridized carbons (Fsp3) is 0.550. The van der Waals surface area contributed by atoms with E-state index in [2.05, 4.69) is 51.2 Å². The zero-order chi connectivity index (χ0) is 16.4. The molecule has 1 saturated heterocycles. The minimum absolute atomic E-state index is 0. The van der Waals surface area contributed by atoms with Crippen LogP contribution in [-0.2, 0) is 19.5 Å². The largest absolute Gasteiger partial charge is 0.384 e. The van der Waals surface area contributed by atoms with Crippen LogP contribution in [-0.4, -0.2) is 34.3 Å². The van der Waals surface area contributed by atoms with Gasteiger partial charge in [0.15, 0.2) is 0 Å². The van der Waals surface area contributed by atoms with Crippen LogP contribution in [0.3, 0.4) is 0 Å². The number of para-hydroxylation sites is 1. The zero-order valence-corrected chi connectivity index (χ0v) is 15.9. The zero-order valence-electron chi connectivity index (χ0n) is 15.1. The Morgan fingerprint density at radius 1 is 1.20 bits per heavy atom. The third-order valence-corrected chi connectivity index (χ3v) is 5.52. The number of hydrogen-bond acceptors (Lipinski definition) is 3. The van der Waals surface area contributed by atoms with Crippen molar-refractivity contribution >= 4 is 18.1 Å². The van der Waals surface area contributed by atoms with Gasteiger partial charge in [0.25, 0.3) is 0 Å². The average Bonchev–Trinajstić information content (AvgIpc) is 3.26. The second kappa shape index (κ2) is 8.24. The maximum absolute atomic E-state index is 4.50. The highest BCUT2D eigenvalue weighted by Crippen LogP contribution is 2.31. The highest BCUT2D eigenvalue weighted by molar-refractivity contribution is 5.85. The molecule has 5 heteroatoms. The molecule has 0 bridgehead atoms. The molecule has 25 heavy (non-hydrogen) atoms. The van der Waals surface area contributed by atoms with Crippen molar-refractivity contribution in [1.29, 1.82) is 0 Å². The molecular formula is C20H29ClN4. The van der Waals surface area contributed by atoms with Gasteiger partial charge in [0.05, 0.1) is 0 Å². The summed E-state index contributed by atoms with van der Waals surface area (Å²) in [6, 6.07) is 9.00. The summed E-state index contributed by atoms with van der Waals surface area (Å²) in [5.74, 6) is 0.676. The minimum Gasteiger partial charge on any atom is -0.384 e. The Bertz CT molecular complexity index is 689. The van der Waals surface area contributed by atoms with Crippen molar-refractivity contribution in [2.45, 2.75) is 51.6 Å². The summed E-state index contributed by atoms with van der Waals surface area (Å²) in [6.45, 7) is 7.81. The van der Waals surface area contributed by atoms with Crippen LogP contribution in [0.5, 0.6) is 0 Å². The van der Waals surface area contributed by atoms with E-state index in [1.165, 1.54) is 54.9 Å². The van der Waals surface area contributed by atoms with Gasteiger partial charge < -0.3 is 5.32 Å². The number of anilines is 1. The predicted octanol–water partition coefficient (Wildman–Crippen LogP) is 4.06. The van der Waals surface area contributed by atoms with Crippen LogP contribution in [0.4, 0.5) is 5.69 Å². The lowest BCUT2D eigenvalue weighted by Crippen LogP contribution is -2.33. The first-order valence-electron chi connectivity index (χ1n) is 9.44. The van der Waals surface area contributed by atoms with Gasteiger partial charge in [-0.25, -0.2) is 0 Å². The first-order chi connectivity index (χ1) is 11.8. The Balaban J connectivity index is 0.00000182. The van der Waals surface area contributed by atoms with Crippen LogP contribution >= 0.6 is 12.4 Å². The number of aryl methyl sites for hydroxylation is 1. The summed E-state index contributed by atoms with van der Waals surface area (Å²) in [5.41, 5.74) is 5.81. The van der Waals surface area contributed by atoms with E-state index in [9.17, 15) is 0 Å². The number of benzene rings is 1. The molecule has 2 aliphatic heterocycles. The second-order valence-electron chi connectivity index (χ2n) is 7.16. The van der Waals surface area contributed by atoms with Crippen LogP contribution in [0.2, 0.25) is 0 Å². The minimum atomic E-state index is 0. The number of nitrogens with one attached hydrogen (secondary N) is 1. The van der Waals surface area contributed by atoms with Crippen molar-refractivity contribution < 1.29 is 0 Å². The van der Waals surface area contributed by atoms with Gasteiger partial charge in [-0.2, -0.15) is 5.10 Å². The van der Waals surface area contributed by atoms with Gasteiger partial charge in [-0.05, 0) is 56.0 Å². The summed E-state index contributed by atoms with van der Waals surface area (Å²) in [4.78, 5) is 2.62. The van der Waals surface area contributed by atoms with Gasteiger partial charge >= 0.3 is 0 Å². The SMILES string of the molecule is CCCn1nccc1C1CCN(Cc2cccc3c2NCC3)CC1.Cl. The molecule has 136 valence electrons. The molecule has 4 nitrogen and oxygen atoms in total. The summed E-state index contributed by atoms with van der Waals surface area (Å²) < 4.78 is 2.22. The van der Waals surface area contributed by atoms with Crippen molar-refractivity contribution in [3.8, 4) is 0 Å². The Labute approximate surface area is 157 Å². The van der Waals surface area contributed by atoms with E-state index in [0.717, 1.165) is 26.1 Å². The molecule has 1 N–H and O–H groups in total. The van der Waals surface area contributed by atoms with Crippen molar-refractivity contribution in [2.24, 2.45) is 0 Å². The topological polar surface area (TPSA) is 33.1 Å². The molecule has 0 radical (unpaired) electrons. The Morgan fingerprint density at radius 2 is 2.04 bits per heavy atom. The molecule has 1 aromatic carbocycles. The summed E-state index contributed by atoms with van der Waals surface area (Å²) in [6.07, 6.45) is 6.79. The molecule has 0 spiro atoms. The number of aromatic nitrogens is 2. The highest BCUT2D eigenvalue weighted by Gasteiger charge is 2.24.